The standard InChI is InChI=1S/C15H20O2/c1-10(2)15(17)14(16)9-11-6-7-12-4-3-5-13(12)8-11/h6-8,10,15,17H,3-5,9H2,1-2H3. The monoisotopic (exact) mass is 232 g/mol. The zero-order valence-electron chi connectivity index (χ0n) is 10.6. The van der Waals surface area contributed by atoms with Crippen LogP contribution in [-0.4, -0.2) is 17.0 Å². The Morgan fingerprint density at radius 1 is 1.29 bits per heavy atom. The molecular formula is C15H20O2. The van der Waals surface area contributed by atoms with E-state index in [0.717, 1.165) is 18.4 Å². The largest absolute Gasteiger partial charge is 0.385 e. The summed E-state index contributed by atoms with van der Waals surface area (Å²) in [4.78, 5) is 11.8. The van der Waals surface area contributed by atoms with Crippen LogP contribution in [0, 0.1) is 5.92 Å². The van der Waals surface area contributed by atoms with E-state index < -0.39 is 6.10 Å². The Bertz CT molecular complexity index is 421. The van der Waals surface area contributed by atoms with Crippen LogP contribution in [0.3, 0.4) is 0 Å². The first-order chi connectivity index (χ1) is 8.08. The zero-order chi connectivity index (χ0) is 12.4. The first-order valence-electron chi connectivity index (χ1n) is 6.39. The molecule has 2 rings (SSSR count). The molecule has 0 saturated heterocycles. The number of hydrogen-bond donors (Lipinski definition) is 1. The summed E-state index contributed by atoms with van der Waals surface area (Å²) in [7, 11) is 0. The van der Waals surface area contributed by atoms with Gasteiger partial charge in [0.1, 0.15) is 6.10 Å². The van der Waals surface area contributed by atoms with Gasteiger partial charge in [-0.3, -0.25) is 4.79 Å². The molecule has 1 aliphatic carbocycles. The van der Waals surface area contributed by atoms with Crippen LogP contribution in [0.15, 0.2) is 18.2 Å². The number of carbonyl (C=O) groups excluding carboxylic acids is 1. The van der Waals surface area contributed by atoms with Crippen molar-refractivity contribution in [3.8, 4) is 0 Å². The molecular weight excluding hydrogens is 212 g/mol. The summed E-state index contributed by atoms with van der Waals surface area (Å²) in [5, 5.41) is 9.70. The van der Waals surface area contributed by atoms with Crippen LogP contribution >= 0.6 is 0 Å². The Morgan fingerprint density at radius 2 is 2.00 bits per heavy atom. The number of aliphatic hydroxyl groups excluding tert-OH is 1. The van der Waals surface area contributed by atoms with Crippen molar-refractivity contribution in [3.63, 3.8) is 0 Å². The molecule has 1 aliphatic rings. The molecule has 0 saturated carbocycles. The number of hydrogen-bond acceptors (Lipinski definition) is 2. The third kappa shape index (κ3) is 2.75. The molecule has 0 heterocycles. The van der Waals surface area contributed by atoms with E-state index in [1.54, 1.807) is 0 Å². The third-order valence-corrected chi connectivity index (χ3v) is 3.50. The number of aliphatic hydroxyl groups is 1. The van der Waals surface area contributed by atoms with E-state index >= 15 is 0 Å². The smallest absolute Gasteiger partial charge is 0.165 e. The lowest BCUT2D eigenvalue weighted by Gasteiger charge is -2.13. The Kier molecular flexibility index (Phi) is 3.63. The minimum absolute atomic E-state index is 0.00285. The van der Waals surface area contributed by atoms with Gasteiger partial charge in [-0.2, -0.15) is 0 Å². The van der Waals surface area contributed by atoms with Crippen LogP contribution in [0.4, 0.5) is 0 Å². The highest BCUT2D eigenvalue weighted by molar-refractivity contribution is 5.85. The van der Waals surface area contributed by atoms with Crippen molar-refractivity contribution in [1.29, 1.82) is 0 Å². The maximum absolute atomic E-state index is 11.8. The first-order valence-corrected chi connectivity index (χ1v) is 6.39. The van der Waals surface area contributed by atoms with Gasteiger partial charge in [-0.15, -0.1) is 0 Å². The number of rotatable bonds is 4. The van der Waals surface area contributed by atoms with E-state index in [2.05, 4.69) is 12.1 Å². The highest BCUT2D eigenvalue weighted by atomic mass is 16.3. The van der Waals surface area contributed by atoms with E-state index in [-0.39, 0.29) is 11.7 Å². The van der Waals surface area contributed by atoms with Gasteiger partial charge in [-0.05, 0) is 41.9 Å². The number of carbonyl (C=O) groups is 1. The Hall–Kier alpha value is -1.15. The number of Topliss-reactive ketones (excluding diaryl/α,β-unsaturated/α-hetero) is 1. The molecule has 0 fully saturated rings. The Balaban J connectivity index is 2.07. The van der Waals surface area contributed by atoms with Crippen molar-refractivity contribution in [2.75, 3.05) is 0 Å². The van der Waals surface area contributed by atoms with Crippen molar-refractivity contribution in [2.24, 2.45) is 5.92 Å². The van der Waals surface area contributed by atoms with Crippen molar-refractivity contribution in [3.05, 3.63) is 34.9 Å². The molecule has 1 N–H and O–H groups in total. The summed E-state index contributed by atoms with van der Waals surface area (Å²) >= 11 is 0. The molecule has 0 radical (unpaired) electrons. The Labute approximate surface area is 103 Å². The molecule has 1 atom stereocenters. The van der Waals surface area contributed by atoms with Gasteiger partial charge in [0.05, 0.1) is 0 Å². The van der Waals surface area contributed by atoms with Gasteiger partial charge in [0.2, 0.25) is 0 Å². The van der Waals surface area contributed by atoms with Crippen molar-refractivity contribution < 1.29 is 9.90 Å². The fourth-order valence-corrected chi connectivity index (χ4v) is 2.41. The van der Waals surface area contributed by atoms with E-state index in [1.165, 1.54) is 17.5 Å². The van der Waals surface area contributed by atoms with Gasteiger partial charge in [0, 0.05) is 6.42 Å². The molecule has 2 heteroatoms. The lowest BCUT2D eigenvalue weighted by molar-refractivity contribution is -0.128. The lowest BCUT2D eigenvalue weighted by atomic mass is 9.96. The highest BCUT2D eigenvalue weighted by Gasteiger charge is 2.19. The average molecular weight is 232 g/mol. The fourth-order valence-electron chi connectivity index (χ4n) is 2.41. The topological polar surface area (TPSA) is 37.3 Å². The van der Waals surface area contributed by atoms with Gasteiger partial charge in [0.15, 0.2) is 5.78 Å². The molecule has 0 spiro atoms. The molecule has 17 heavy (non-hydrogen) atoms. The van der Waals surface area contributed by atoms with Crippen LogP contribution in [0.25, 0.3) is 0 Å². The summed E-state index contributed by atoms with van der Waals surface area (Å²) in [6.07, 6.45) is 3.04. The summed E-state index contributed by atoms with van der Waals surface area (Å²) < 4.78 is 0. The molecule has 92 valence electrons. The summed E-state index contributed by atoms with van der Waals surface area (Å²) in [6.45, 7) is 3.73. The zero-order valence-corrected chi connectivity index (χ0v) is 10.6. The predicted octanol–water partition coefficient (Wildman–Crippen LogP) is 2.30. The predicted molar refractivity (Wildman–Crippen MR) is 68.0 cm³/mol. The molecule has 0 bridgehead atoms. The van der Waals surface area contributed by atoms with E-state index in [9.17, 15) is 9.90 Å². The van der Waals surface area contributed by atoms with Crippen molar-refractivity contribution in [2.45, 2.75) is 45.6 Å². The van der Waals surface area contributed by atoms with Crippen LogP contribution < -0.4 is 0 Å². The van der Waals surface area contributed by atoms with Gasteiger partial charge in [-0.25, -0.2) is 0 Å². The molecule has 1 aromatic carbocycles. The van der Waals surface area contributed by atoms with Crippen molar-refractivity contribution in [1.82, 2.24) is 0 Å². The van der Waals surface area contributed by atoms with Gasteiger partial charge >= 0.3 is 0 Å². The molecule has 0 amide bonds. The number of benzene rings is 1. The lowest BCUT2D eigenvalue weighted by Crippen LogP contribution is -2.27. The maximum atomic E-state index is 11.8. The fraction of sp³-hybridized carbons (Fsp3) is 0.533. The molecule has 2 nitrogen and oxygen atoms in total. The second-order valence-electron chi connectivity index (χ2n) is 5.29. The van der Waals surface area contributed by atoms with Gasteiger partial charge < -0.3 is 5.11 Å². The minimum atomic E-state index is -0.830. The molecule has 1 unspecified atom stereocenters. The third-order valence-electron chi connectivity index (χ3n) is 3.50. The first kappa shape index (κ1) is 12.3. The summed E-state index contributed by atoms with van der Waals surface area (Å²) in [6, 6.07) is 6.29. The molecule has 1 aromatic rings. The van der Waals surface area contributed by atoms with Crippen LogP contribution in [0.5, 0.6) is 0 Å². The van der Waals surface area contributed by atoms with Crippen LogP contribution in [0.2, 0.25) is 0 Å². The van der Waals surface area contributed by atoms with E-state index in [0.29, 0.717) is 6.42 Å². The Morgan fingerprint density at radius 3 is 2.71 bits per heavy atom. The van der Waals surface area contributed by atoms with E-state index in [4.69, 9.17) is 0 Å². The highest BCUT2D eigenvalue weighted by Crippen LogP contribution is 2.23. The quantitative estimate of drug-likeness (QED) is 0.865. The number of aryl methyl sites for hydroxylation is 2. The second-order valence-corrected chi connectivity index (χ2v) is 5.29. The summed E-state index contributed by atoms with van der Waals surface area (Å²) in [5.41, 5.74) is 3.84. The number of fused-ring (bicyclic) bond motifs is 1. The van der Waals surface area contributed by atoms with Crippen molar-refractivity contribution >= 4 is 5.78 Å². The number of ketones is 1. The summed E-state index contributed by atoms with van der Waals surface area (Å²) in [5.74, 6) is -0.0742. The van der Waals surface area contributed by atoms with Crippen LogP contribution in [0.1, 0.15) is 37.0 Å². The average Bonchev–Trinajstić information content (AvgIpc) is 2.74. The molecule has 0 aromatic heterocycles. The van der Waals surface area contributed by atoms with Gasteiger partial charge in [0.25, 0.3) is 0 Å². The minimum Gasteiger partial charge on any atom is -0.385 e. The van der Waals surface area contributed by atoms with Gasteiger partial charge in [-0.1, -0.05) is 32.0 Å². The maximum Gasteiger partial charge on any atom is 0.165 e. The molecule has 0 aliphatic heterocycles. The normalized spacial score (nSPS) is 16.0. The second kappa shape index (κ2) is 5.01. The SMILES string of the molecule is CC(C)C(O)C(=O)Cc1ccc2c(c1)CCC2. The van der Waals surface area contributed by atoms with Crippen LogP contribution in [-0.2, 0) is 24.1 Å². The van der Waals surface area contributed by atoms with E-state index in [1.807, 2.05) is 19.9 Å².